The minimum Gasteiger partial charge on any atom is -0.497 e. The van der Waals surface area contributed by atoms with E-state index in [4.69, 9.17) is 9.84 Å². The van der Waals surface area contributed by atoms with E-state index in [0.717, 1.165) is 11.4 Å². The highest BCUT2D eigenvalue weighted by molar-refractivity contribution is 5.91. The van der Waals surface area contributed by atoms with Gasteiger partial charge in [0.2, 0.25) is 0 Å². The highest BCUT2D eigenvalue weighted by atomic mass is 16.5. The summed E-state index contributed by atoms with van der Waals surface area (Å²) in [5.74, 6) is -0.185. The molecule has 0 bridgehead atoms. The van der Waals surface area contributed by atoms with Gasteiger partial charge in [-0.25, -0.2) is 4.79 Å². The van der Waals surface area contributed by atoms with Crippen molar-refractivity contribution in [1.82, 2.24) is 5.32 Å². The van der Waals surface area contributed by atoms with E-state index in [1.54, 1.807) is 38.4 Å². The Morgan fingerprint density at radius 1 is 1.33 bits per heavy atom. The number of nitrogens with one attached hydrogen (secondary N) is 1. The maximum absolute atomic E-state index is 12.0. The quantitative estimate of drug-likeness (QED) is 0.809. The van der Waals surface area contributed by atoms with E-state index in [9.17, 15) is 9.59 Å². The fraction of sp³-hybridized carbons (Fsp3) is 0.467. The Kier molecular flexibility index (Phi) is 6.52. The predicted molar refractivity (Wildman–Crippen MR) is 80.8 cm³/mol. The number of rotatable bonds is 7. The van der Waals surface area contributed by atoms with Crippen molar-refractivity contribution < 1.29 is 19.4 Å². The van der Waals surface area contributed by atoms with Crippen molar-refractivity contribution in [2.45, 2.75) is 19.8 Å². The van der Waals surface area contributed by atoms with Crippen molar-refractivity contribution >= 4 is 17.7 Å². The number of carboxylic acid groups (broad SMARTS) is 1. The number of carbonyl (C=O) groups excluding carboxylic acids is 1. The molecule has 0 fully saturated rings. The molecule has 0 saturated carbocycles. The Hall–Kier alpha value is -2.24. The molecule has 1 atom stereocenters. The number of hydrogen-bond acceptors (Lipinski definition) is 3. The van der Waals surface area contributed by atoms with Gasteiger partial charge in [0.25, 0.3) is 0 Å². The molecule has 0 aromatic heterocycles. The molecule has 6 nitrogen and oxygen atoms in total. The molecule has 1 aromatic carbocycles. The molecule has 21 heavy (non-hydrogen) atoms. The maximum atomic E-state index is 12.0. The zero-order chi connectivity index (χ0) is 15.8. The van der Waals surface area contributed by atoms with E-state index in [2.05, 4.69) is 5.32 Å². The summed E-state index contributed by atoms with van der Waals surface area (Å²) in [4.78, 5) is 24.2. The Bertz CT molecular complexity index is 473. The van der Waals surface area contributed by atoms with Crippen molar-refractivity contribution in [3.05, 3.63) is 24.3 Å². The van der Waals surface area contributed by atoms with Crippen molar-refractivity contribution in [3.63, 3.8) is 0 Å². The molecular weight excluding hydrogens is 272 g/mol. The fourth-order valence-electron chi connectivity index (χ4n) is 1.88. The summed E-state index contributed by atoms with van der Waals surface area (Å²) in [5.41, 5.74) is 0.736. The van der Waals surface area contributed by atoms with E-state index in [-0.39, 0.29) is 18.4 Å². The number of nitrogens with zero attached hydrogens (tertiary/aromatic N) is 1. The van der Waals surface area contributed by atoms with Gasteiger partial charge >= 0.3 is 12.0 Å². The van der Waals surface area contributed by atoms with Crippen LogP contribution < -0.4 is 15.0 Å². The monoisotopic (exact) mass is 294 g/mol. The van der Waals surface area contributed by atoms with Crippen LogP contribution in [-0.4, -0.2) is 37.8 Å². The lowest BCUT2D eigenvalue weighted by Crippen LogP contribution is -2.40. The number of benzene rings is 1. The number of carbonyl (C=O) groups is 2. The molecule has 0 saturated heterocycles. The number of hydrogen-bond donors (Lipinski definition) is 2. The number of aliphatic carboxylic acids is 1. The molecule has 1 rings (SSSR count). The number of ether oxygens (including phenoxy) is 1. The minimum absolute atomic E-state index is 0.0586. The SMILES string of the molecule is CCC(CNC(=O)N(C)c1ccc(OC)cc1)CC(=O)O. The van der Waals surface area contributed by atoms with Gasteiger partial charge in [0.15, 0.2) is 0 Å². The molecule has 0 aliphatic heterocycles. The Balaban J connectivity index is 2.55. The second-order valence-electron chi connectivity index (χ2n) is 4.82. The summed E-state index contributed by atoms with van der Waals surface area (Å²) < 4.78 is 5.07. The normalized spacial score (nSPS) is 11.6. The van der Waals surface area contributed by atoms with Gasteiger partial charge in [-0.2, -0.15) is 0 Å². The molecule has 0 aliphatic rings. The zero-order valence-electron chi connectivity index (χ0n) is 12.6. The van der Waals surface area contributed by atoms with Gasteiger partial charge in [-0.3, -0.25) is 9.69 Å². The van der Waals surface area contributed by atoms with Gasteiger partial charge in [-0.05, 0) is 30.2 Å². The zero-order valence-corrected chi connectivity index (χ0v) is 12.6. The second kappa shape index (κ2) is 8.14. The van der Waals surface area contributed by atoms with Gasteiger partial charge in [0, 0.05) is 25.7 Å². The van der Waals surface area contributed by atoms with Crippen LogP contribution in [0.4, 0.5) is 10.5 Å². The minimum atomic E-state index is -0.848. The van der Waals surface area contributed by atoms with Gasteiger partial charge in [0.1, 0.15) is 5.75 Å². The highest BCUT2D eigenvalue weighted by Crippen LogP contribution is 2.18. The third-order valence-corrected chi connectivity index (χ3v) is 3.35. The number of methoxy groups -OCH3 is 1. The first-order valence-electron chi connectivity index (χ1n) is 6.85. The number of amides is 2. The van der Waals surface area contributed by atoms with Crippen LogP contribution in [0.3, 0.4) is 0 Å². The molecule has 116 valence electrons. The lowest BCUT2D eigenvalue weighted by molar-refractivity contribution is -0.138. The van der Waals surface area contributed by atoms with Crippen molar-refractivity contribution in [2.75, 3.05) is 25.6 Å². The average molecular weight is 294 g/mol. The van der Waals surface area contributed by atoms with Crippen LogP contribution in [-0.2, 0) is 4.79 Å². The van der Waals surface area contributed by atoms with E-state index in [1.807, 2.05) is 6.92 Å². The molecule has 6 heteroatoms. The van der Waals surface area contributed by atoms with Crippen LogP contribution in [0.2, 0.25) is 0 Å². The van der Waals surface area contributed by atoms with Crippen LogP contribution >= 0.6 is 0 Å². The molecule has 1 unspecified atom stereocenters. The summed E-state index contributed by atoms with van der Waals surface area (Å²) >= 11 is 0. The van der Waals surface area contributed by atoms with Crippen molar-refractivity contribution in [1.29, 1.82) is 0 Å². The molecule has 2 amide bonds. The van der Waals surface area contributed by atoms with E-state index < -0.39 is 5.97 Å². The van der Waals surface area contributed by atoms with Crippen LogP contribution in [0.15, 0.2) is 24.3 Å². The Labute approximate surface area is 124 Å². The van der Waals surface area contributed by atoms with E-state index in [0.29, 0.717) is 13.0 Å². The lowest BCUT2D eigenvalue weighted by Gasteiger charge is -2.20. The lowest BCUT2D eigenvalue weighted by atomic mass is 10.0. The third-order valence-electron chi connectivity index (χ3n) is 3.35. The van der Waals surface area contributed by atoms with Gasteiger partial charge in [-0.1, -0.05) is 13.3 Å². The standard InChI is InChI=1S/C15H22N2O4/c1-4-11(9-14(18)19)10-16-15(20)17(2)12-5-7-13(21-3)8-6-12/h5-8,11H,4,9-10H2,1-3H3,(H,16,20)(H,18,19). The largest absolute Gasteiger partial charge is 0.497 e. The molecular formula is C15H22N2O4. The van der Waals surface area contributed by atoms with Crippen LogP contribution in [0.25, 0.3) is 0 Å². The first-order chi connectivity index (χ1) is 9.97. The van der Waals surface area contributed by atoms with E-state index >= 15 is 0 Å². The summed E-state index contributed by atoms with van der Waals surface area (Å²) in [6.07, 6.45) is 0.766. The van der Waals surface area contributed by atoms with Crippen molar-refractivity contribution in [2.24, 2.45) is 5.92 Å². The van der Waals surface area contributed by atoms with Crippen LogP contribution in [0.1, 0.15) is 19.8 Å². The molecule has 0 radical (unpaired) electrons. The van der Waals surface area contributed by atoms with Gasteiger partial charge in [-0.15, -0.1) is 0 Å². The second-order valence-corrected chi connectivity index (χ2v) is 4.82. The van der Waals surface area contributed by atoms with Gasteiger partial charge < -0.3 is 15.2 Å². The molecule has 1 aromatic rings. The third kappa shape index (κ3) is 5.33. The van der Waals surface area contributed by atoms with Crippen LogP contribution in [0, 0.1) is 5.92 Å². The first kappa shape index (κ1) is 16.8. The molecule has 2 N–H and O–H groups in total. The first-order valence-corrected chi connectivity index (χ1v) is 6.85. The predicted octanol–water partition coefficient (Wildman–Crippen LogP) is 2.34. The summed E-state index contributed by atoms with van der Waals surface area (Å²) in [7, 11) is 3.24. The summed E-state index contributed by atoms with van der Waals surface area (Å²) in [5, 5.41) is 11.5. The maximum Gasteiger partial charge on any atom is 0.321 e. The van der Waals surface area contributed by atoms with Crippen LogP contribution in [0.5, 0.6) is 5.75 Å². The smallest absolute Gasteiger partial charge is 0.321 e. The summed E-state index contributed by atoms with van der Waals surface area (Å²) in [6.45, 7) is 2.26. The summed E-state index contributed by atoms with van der Waals surface area (Å²) in [6, 6.07) is 6.86. The van der Waals surface area contributed by atoms with Crippen molar-refractivity contribution in [3.8, 4) is 5.75 Å². The molecule has 0 heterocycles. The van der Waals surface area contributed by atoms with Gasteiger partial charge in [0.05, 0.1) is 7.11 Å². The number of urea groups is 1. The number of anilines is 1. The Morgan fingerprint density at radius 3 is 2.43 bits per heavy atom. The molecule has 0 spiro atoms. The van der Waals surface area contributed by atoms with E-state index in [1.165, 1.54) is 4.90 Å². The highest BCUT2D eigenvalue weighted by Gasteiger charge is 2.15. The molecule has 0 aliphatic carbocycles. The average Bonchev–Trinajstić information content (AvgIpc) is 2.50. The number of carboxylic acids is 1. The fourth-order valence-corrected chi connectivity index (χ4v) is 1.88. The Morgan fingerprint density at radius 2 is 1.95 bits per heavy atom. The topological polar surface area (TPSA) is 78.9 Å².